The van der Waals surface area contributed by atoms with Crippen LogP contribution < -0.4 is 0 Å². The minimum atomic E-state index is -0.404. The third kappa shape index (κ3) is 4.78. The number of aromatic nitrogens is 1. The summed E-state index contributed by atoms with van der Waals surface area (Å²) in [7, 11) is 0. The van der Waals surface area contributed by atoms with Gasteiger partial charge in [-0.25, -0.2) is 4.39 Å². The second-order valence-electron chi connectivity index (χ2n) is 7.24. The lowest BCUT2D eigenvalue weighted by atomic mass is 10.2. The minimum Gasteiger partial charge on any atom is -0.318 e. The minimum absolute atomic E-state index is 0.0813. The van der Waals surface area contributed by atoms with Gasteiger partial charge in [0.25, 0.3) is 5.69 Å². The summed E-state index contributed by atoms with van der Waals surface area (Å²) in [4.78, 5) is 16.9. The molecule has 1 aromatic heterocycles. The molecule has 5 nitrogen and oxygen atoms in total. The first-order valence-corrected chi connectivity index (χ1v) is 10.7. The topological polar surface area (TPSA) is 60.4 Å². The first-order valence-electron chi connectivity index (χ1n) is 9.92. The van der Waals surface area contributed by atoms with Crippen molar-refractivity contribution in [1.82, 2.24) is 4.57 Å². The maximum atomic E-state index is 13.3. The number of nitro groups is 1. The standard InChI is InChI=1S/C25H20FN3O2S/c1-17-15-19(18(2)28(17)22-7-3-20(26)4-8-22)16-27-21-5-11-24(12-6-21)32-25-13-9-23(10-14-25)29(30)31/h3-16H,1-2H3. The molecule has 0 N–H and O–H groups in total. The van der Waals surface area contributed by atoms with Crippen LogP contribution in [0.2, 0.25) is 0 Å². The molecule has 160 valence electrons. The number of non-ortho nitro benzene ring substituents is 1. The first kappa shape index (κ1) is 21.5. The van der Waals surface area contributed by atoms with Gasteiger partial charge in [-0.15, -0.1) is 0 Å². The molecule has 0 atom stereocenters. The molecule has 3 aromatic carbocycles. The van der Waals surface area contributed by atoms with Crippen LogP contribution in [0.5, 0.6) is 0 Å². The molecular weight excluding hydrogens is 425 g/mol. The van der Waals surface area contributed by atoms with Crippen LogP contribution in [0.4, 0.5) is 15.8 Å². The third-order valence-electron chi connectivity index (χ3n) is 5.03. The van der Waals surface area contributed by atoms with Crippen molar-refractivity contribution in [2.75, 3.05) is 0 Å². The van der Waals surface area contributed by atoms with E-state index in [1.807, 2.05) is 44.3 Å². The van der Waals surface area contributed by atoms with Crippen molar-refractivity contribution in [3.63, 3.8) is 0 Å². The van der Waals surface area contributed by atoms with Crippen molar-refractivity contribution in [1.29, 1.82) is 0 Å². The maximum absolute atomic E-state index is 13.3. The van der Waals surface area contributed by atoms with Gasteiger partial charge >= 0.3 is 0 Å². The molecule has 0 spiro atoms. The summed E-state index contributed by atoms with van der Waals surface area (Å²) >= 11 is 1.53. The number of aliphatic imine (C=N–C) groups is 1. The SMILES string of the molecule is Cc1cc(C=Nc2ccc(Sc3ccc([N+](=O)[O-])cc3)cc2)c(C)n1-c1ccc(F)cc1. The smallest absolute Gasteiger partial charge is 0.269 e. The molecule has 0 unspecified atom stereocenters. The Morgan fingerprint density at radius 2 is 1.53 bits per heavy atom. The third-order valence-corrected chi connectivity index (χ3v) is 6.04. The molecule has 0 saturated heterocycles. The predicted octanol–water partition coefficient (Wildman–Crippen LogP) is 7.04. The molecule has 32 heavy (non-hydrogen) atoms. The second-order valence-corrected chi connectivity index (χ2v) is 8.39. The van der Waals surface area contributed by atoms with Gasteiger partial charge in [-0.05, 0) is 80.6 Å². The Kier molecular flexibility index (Phi) is 6.18. The van der Waals surface area contributed by atoms with Gasteiger partial charge in [0.05, 0.1) is 10.6 Å². The fourth-order valence-electron chi connectivity index (χ4n) is 3.42. The van der Waals surface area contributed by atoms with Crippen LogP contribution in [0.25, 0.3) is 5.69 Å². The maximum Gasteiger partial charge on any atom is 0.269 e. The number of halogens is 1. The van der Waals surface area contributed by atoms with E-state index in [2.05, 4.69) is 15.6 Å². The van der Waals surface area contributed by atoms with Gasteiger partial charge < -0.3 is 4.57 Å². The summed E-state index contributed by atoms with van der Waals surface area (Å²) < 4.78 is 15.3. The van der Waals surface area contributed by atoms with Crippen molar-refractivity contribution < 1.29 is 9.31 Å². The summed E-state index contributed by atoms with van der Waals surface area (Å²) in [6, 6.07) is 22.8. The van der Waals surface area contributed by atoms with E-state index in [0.717, 1.165) is 38.1 Å². The molecule has 0 aliphatic carbocycles. The van der Waals surface area contributed by atoms with Gasteiger partial charge in [0.15, 0.2) is 0 Å². The molecule has 0 amide bonds. The number of rotatable bonds is 6. The lowest BCUT2D eigenvalue weighted by molar-refractivity contribution is -0.384. The zero-order chi connectivity index (χ0) is 22.7. The first-order chi connectivity index (χ1) is 15.4. The van der Waals surface area contributed by atoms with E-state index in [-0.39, 0.29) is 11.5 Å². The highest BCUT2D eigenvalue weighted by Crippen LogP contribution is 2.30. The molecule has 1 heterocycles. The van der Waals surface area contributed by atoms with Crippen molar-refractivity contribution >= 4 is 29.4 Å². The average Bonchev–Trinajstić information content (AvgIpc) is 3.07. The highest BCUT2D eigenvalue weighted by atomic mass is 32.2. The van der Waals surface area contributed by atoms with Crippen LogP contribution in [0.1, 0.15) is 17.0 Å². The number of benzene rings is 3. The van der Waals surface area contributed by atoms with E-state index in [4.69, 9.17) is 0 Å². The van der Waals surface area contributed by atoms with E-state index in [9.17, 15) is 14.5 Å². The molecule has 7 heteroatoms. The number of aryl methyl sites for hydroxylation is 1. The van der Waals surface area contributed by atoms with Gasteiger partial charge in [0.1, 0.15) is 5.82 Å². The van der Waals surface area contributed by atoms with E-state index in [0.29, 0.717) is 0 Å². The molecular formula is C25H20FN3O2S. The summed E-state index contributed by atoms with van der Waals surface area (Å²) in [5.41, 5.74) is 4.89. The molecule has 4 rings (SSSR count). The van der Waals surface area contributed by atoms with Crippen LogP contribution in [0, 0.1) is 29.8 Å². The van der Waals surface area contributed by atoms with E-state index < -0.39 is 4.92 Å². The van der Waals surface area contributed by atoms with Gasteiger partial charge in [0.2, 0.25) is 0 Å². The second kappa shape index (κ2) is 9.20. The van der Waals surface area contributed by atoms with Gasteiger partial charge in [-0.1, -0.05) is 11.8 Å². The van der Waals surface area contributed by atoms with Crippen LogP contribution >= 0.6 is 11.8 Å². The van der Waals surface area contributed by atoms with E-state index in [1.165, 1.54) is 36.0 Å². The molecule has 0 aliphatic rings. The normalized spacial score (nSPS) is 11.2. The van der Waals surface area contributed by atoms with Crippen molar-refractivity contribution in [2.24, 2.45) is 4.99 Å². The number of hydrogen-bond donors (Lipinski definition) is 0. The van der Waals surface area contributed by atoms with Crippen LogP contribution in [-0.4, -0.2) is 15.7 Å². The van der Waals surface area contributed by atoms with Crippen LogP contribution in [0.15, 0.2) is 93.6 Å². The van der Waals surface area contributed by atoms with Gasteiger partial charge in [0, 0.05) is 50.8 Å². The molecule has 0 saturated carbocycles. The fraction of sp³-hybridized carbons (Fsp3) is 0.0800. The monoisotopic (exact) mass is 445 g/mol. The fourth-order valence-corrected chi connectivity index (χ4v) is 4.24. The molecule has 0 aliphatic heterocycles. The van der Waals surface area contributed by atoms with Crippen molar-refractivity contribution in [3.05, 3.63) is 112 Å². The summed E-state index contributed by atoms with van der Waals surface area (Å²) in [6.07, 6.45) is 1.83. The number of nitro benzene ring substituents is 1. The summed E-state index contributed by atoms with van der Waals surface area (Å²) in [5, 5.41) is 10.8. The Hall–Kier alpha value is -3.71. The average molecular weight is 446 g/mol. The Morgan fingerprint density at radius 1 is 0.938 bits per heavy atom. The van der Waals surface area contributed by atoms with E-state index >= 15 is 0 Å². The zero-order valence-electron chi connectivity index (χ0n) is 17.5. The van der Waals surface area contributed by atoms with Gasteiger partial charge in [-0.3, -0.25) is 15.1 Å². The Labute approximate surface area is 189 Å². The quantitative estimate of drug-likeness (QED) is 0.182. The molecule has 0 fully saturated rings. The molecule has 0 radical (unpaired) electrons. The predicted molar refractivity (Wildman–Crippen MR) is 126 cm³/mol. The van der Waals surface area contributed by atoms with Gasteiger partial charge in [-0.2, -0.15) is 0 Å². The number of nitrogens with zero attached hydrogens (tertiary/aromatic N) is 3. The Bertz CT molecular complexity index is 1280. The Morgan fingerprint density at radius 3 is 2.12 bits per heavy atom. The van der Waals surface area contributed by atoms with E-state index in [1.54, 1.807) is 24.3 Å². The molecule has 4 aromatic rings. The summed E-state index contributed by atoms with van der Waals surface area (Å²) in [6.45, 7) is 4.03. The Balaban J connectivity index is 1.48. The highest BCUT2D eigenvalue weighted by molar-refractivity contribution is 7.99. The van der Waals surface area contributed by atoms with Crippen molar-refractivity contribution in [3.8, 4) is 5.69 Å². The lowest BCUT2D eigenvalue weighted by Gasteiger charge is -2.09. The lowest BCUT2D eigenvalue weighted by Crippen LogP contribution is -1.99. The van der Waals surface area contributed by atoms with Crippen LogP contribution in [0.3, 0.4) is 0 Å². The zero-order valence-corrected chi connectivity index (χ0v) is 18.3. The largest absolute Gasteiger partial charge is 0.318 e. The highest BCUT2D eigenvalue weighted by Gasteiger charge is 2.10. The molecule has 0 bridgehead atoms. The number of hydrogen-bond acceptors (Lipinski definition) is 4. The van der Waals surface area contributed by atoms with Crippen molar-refractivity contribution in [2.45, 2.75) is 23.6 Å². The van der Waals surface area contributed by atoms with Crippen LogP contribution in [-0.2, 0) is 0 Å². The summed E-state index contributed by atoms with van der Waals surface area (Å²) in [5.74, 6) is -0.256.